The molecule has 2 aromatic carbocycles. The van der Waals surface area contributed by atoms with Crippen molar-refractivity contribution in [2.24, 2.45) is 0 Å². The molecule has 0 aromatic heterocycles. The van der Waals surface area contributed by atoms with Crippen LogP contribution in [0.2, 0.25) is 5.02 Å². The van der Waals surface area contributed by atoms with Gasteiger partial charge in [0.25, 0.3) is 0 Å². The van der Waals surface area contributed by atoms with Gasteiger partial charge in [-0.1, -0.05) is 39.7 Å². The van der Waals surface area contributed by atoms with Gasteiger partial charge in [-0.05, 0) is 42.9 Å². The molecular weight excluding hydrogens is 371 g/mol. The van der Waals surface area contributed by atoms with Gasteiger partial charge in [-0.15, -0.1) is 0 Å². The Morgan fingerprint density at radius 2 is 1.95 bits per heavy atom. The molecule has 2 aromatic rings. The SMILES string of the molecule is CN(CC(=O)Nc1ccc(F)cc1Cl)Cc1ccc(Br)cc1. The molecular formula is C16H15BrClFN2O. The van der Waals surface area contributed by atoms with E-state index >= 15 is 0 Å². The third-order valence-electron chi connectivity index (χ3n) is 2.98. The second-order valence-electron chi connectivity index (χ2n) is 4.97. The highest BCUT2D eigenvalue weighted by Crippen LogP contribution is 2.22. The first-order valence-corrected chi connectivity index (χ1v) is 7.79. The Balaban J connectivity index is 1.89. The zero-order valence-corrected chi connectivity index (χ0v) is 14.3. The molecule has 0 aliphatic carbocycles. The third-order valence-corrected chi connectivity index (χ3v) is 3.83. The monoisotopic (exact) mass is 384 g/mol. The summed E-state index contributed by atoms with van der Waals surface area (Å²) in [5, 5.41) is 2.86. The summed E-state index contributed by atoms with van der Waals surface area (Å²) in [4.78, 5) is 13.9. The summed E-state index contributed by atoms with van der Waals surface area (Å²) in [5.41, 5.74) is 1.52. The van der Waals surface area contributed by atoms with Crippen LogP contribution in [0.1, 0.15) is 5.56 Å². The van der Waals surface area contributed by atoms with Gasteiger partial charge in [0.2, 0.25) is 5.91 Å². The fourth-order valence-electron chi connectivity index (χ4n) is 1.98. The normalized spacial score (nSPS) is 10.8. The van der Waals surface area contributed by atoms with Gasteiger partial charge in [-0.25, -0.2) is 4.39 Å². The van der Waals surface area contributed by atoms with Gasteiger partial charge in [0.15, 0.2) is 0 Å². The molecule has 0 aliphatic rings. The van der Waals surface area contributed by atoms with E-state index in [0.29, 0.717) is 12.2 Å². The van der Waals surface area contributed by atoms with Crippen molar-refractivity contribution in [2.45, 2.75) is 6.54 Å². The smallest absolute Gasteiger partial charge is 0.238 e. The van der Waals surface area contributed by atoms with Crippen LogP contribution in [0.5, 0.6) is 0 Å². The van der Waals surface area contributed by atoms with Crippen LogP contribution in [0.4, 0.5) is 10.1 Å². The Morgan fingerprint density at radius 3 is 2.59 bits per heavy atom. The van der Waals surface area contributed by atoms with Crippen LogP contribution in [0.15, 0.2) is 46.9 Å². The number of carbonyl (C=O) groups is 1. The minimum absolute atomic E-state index is 0.184. The highest BCUT2D eigenvalue weighted by molar-refractivity contribution is 9.10. The van der Waals surface area contributed by atoms with E-state index in [1.807, 2.05) is 36.2 Å². The highest BCUT2D eigenvalue weighted by Gasteiger charge is 2.10. The quantitative estimate of drug-likeness (QED) is 0.832. The summed E-state index contributed by atoms with van der Waals surface area (Å²) in [6.07, 6.45) is 0. The summed E-state index contributed by atoms with van der Waals surface area (Å²) in [5.74, 6) is -0.636. The zero-order chi connectivity index (χ0) is 16.1. The van der Waals surface area contributed by atoms with E-state index in [0.717, 1.165) is 10.0 Å². The van der Waals surface area contributed by atoms with E-state index in [1.54, 1.807) is 0 Å². The van der Waals surface area contributed by atoms with Crippen molar-refractivity contribution < 1.29 is 9.18 Å². The molecule has 0 fully saturated rings. The molecule has 0 bridgehead atoms. The number of nitrogens with zero attached hydrogens (tertiary/aromatic N) is 1. The van der Waals surface area contributed by atoms with Gasteiger partial charge in [0.1, 0.15) is 5.82 Å². The largest absolute Gasteiger partial charge is 0.324 e. The van der Waals surface area contributed by atoms with Gasteiger partial charge >= 0.3 is 0 Å². The fraction of sp³-hybridized carbons (Fsp3) is 0.188. The van der Waals surface area contributed by atoms with Gasteiger partial charge in [-0.2, -0.15) is 0 Å². The van der Waals surface area contributed by atoms with E-state index in [9.17, 15) is 9.18 Å². The molecule has 6 heteroatoms. The number of benzene rings is 2. The summed E-state index contributed by atoms with van der Waals surface area (Å²) >= 11 is 9.27. The number of hydrogen-bond acceptors (Lipinski definition) is 2. The predicted octanol–water partition coefficient (Wildman–Crippen LogP) is 4.31. The first-order valence-electron chi connectivity index (χ1n) is 6.62. The number of nitrogens with one attached hydrogen (secondary N) is 1. The van der Waals surface area contributed by atoms with E-state index < -0.39 is 5.82 Å². The molecule has 0 saturated carbocycles. The second-order valence-corrected chi connectivity index (χ2v) is 6.29. The van der Waals surface area contributed by atoms with Crippen molar-refractivity contribution in [1.29, 1.82) is 0 Å². The summed E-state index contributed by atoms with van der Waals surface area (Å²) in [7, 11) is 1.86. The van der Waals surface area contributed by atoms with Crippen LogP contribution in [0.3, 0.4) is 0 Å². The van der Waals surface area contributed by atoms with Gasteiger partial charge < -0.3 is 5.32 Å². The molecule has 116 valence electrons. The molecule has 1 N–H and O–H groups in total. The maximum absolute atomic E-state index is 13.0. The molecule has 22 heavy (non-hydrogen) atoms. The van der Waals surface area contributed by atoms with Crippen molar-refractivity contribution in [3.63, 3.8) is 0 Å². The Kier molecular flexibility index (Phi) is 5.94. The number of hydrogen-bond donors (Lipinski definition) is 1. The van der Waals surface area contributed by atoms with E-state index in [4.69, 9.17) is 11.6 Å². The minimum Gasteiger partial charge on any atom is -0.324 e. The molecule has 0 spiro atoms. The number of halogens is 3. The molecule has 0 radical (unpaired) electrons. The molecule has 0 atom stereocenters. The molecule has 3 nitrogen and oxygen atoms in total. The lowest BCUT2D eigenvalue weighted by Gasteiger charge is -2.16. The predicted molar refractivity (Wildman–Crippen MR) is 90.5 cm³/mol. The average Bonchev–Trinajstić information content (AvgIpc) is 2.44. The first-order chi connectivity index (χ1) is 10.4. The highest BCUT2D eigenvalue weighted by atomic mass is 79.9. The van der Waals surface area contributed by atoms with Crippen LogP contribution in [0.25, 0.3) is 0 Å². The van der Waals surface area contributed by atoms with Crippen LogP contribution < -0.4 is 5.32 Å². The van der Waals surface area contributed by atoms with Gasteiger partial charge in [-0.3, -0.25) is 9.69 Å². The molecule has 0 unspecified atom stereocenters. The molecule has 0 heterocycles. The second kappa shape index (κ2) is 7.72. The van der Waals surface area contributed by atoms with Crippen LogP contribution >= 0.6 is 27.5 Å². The van der Waals surface area contributed by atoms with E-state index in [-0.39, 0.29) is 17.5 Å². The van der Waals surface area contributed by atoms with Crippen LogP contribution in [-0.4, -0.2) is 24.4 Å². The van der Waals surface area contributed by atoms with Crippen molar-refractivity contribution in [3.05, 3.63) is 63.3 Å². The van der Waals surface area contributed by atoms with Crippen LogP contribution in [-0.2, 0) is 11.3 Å². The van der Waals surface area contributed by atoms with Crippen molar-refractivity contribution >= 4 is 39.1 Å². The zero-order valence-electron chi connectivity index (χ0n) is 11.9. The number of rotatable bonds is 5. The molecule has 0 aliphatic heterocycles. The van der Waals surface area contributed by atoms with Crippen LogP contribution in [0, 0.1) is 5.82 Å². The lowest BCUT2D eigenvalue weighted by molar-refractivity contribution is -0.117. The van der Waals surface area contributed by atoms with E-state index in [1.165, 1.54) is 18.2 Å². The number of amides is 1. The standard InChI is InChI=1S/C16H15BrClFN2O/c1-21(9-11-2-4-12(17)5-3-11)10-16(22)20-15-7-6-13(19)8-14(15)18/h2-8H,9-10H2,1H3,(H,20,22). The molecule has 2 rings (SSSR count). The lowest BCUT2D eigenvalue weighted by Crippen LogP contribution is -2.29. The van der Waals surface area contributed by atoms with Gasteiger partial charge in [0.05, 0.1) is 17.3 Å². The van der Waals surface area contributed by atoms with Crippen molar-refractivity contribution in [1.82, 2.24) is 4.90 Å². The van der Waals surface area contributed by atoms with E-state index in [2.05, 4.69) is 21.2 Å². The topological polar surface area (TPSA) is 32.3 Å². The third kappa shape index (κ3) is 5.09. The minimum atomic E-state index is -0.435. The molecule has 1 amide bonds. The summed E-state index contributed by atoms with van der Waals surface area (Å²) < 4.78 is 14.0. The summed E-state index contributed by atoms with van der Waals surface area (Å²) in [6, 6.07) is 11.8. The Labute approximate surface area is 142 Å². The molecule has 0 saturated heterocycles. The number of likely N-dealkylation sites (N-methyl/N-ethyl adjacent to an activating group) is 1. The maximum atomic E-state index is 13.0. The Hall–Kier alpha value is -1.43. The lowest BCUT2D eigenvalue weighted by atomic mass is 10.2. The maximum Gasteiger partial charge on any atom is 0.238 e. The summed E-state index contributed by atoms with van der Waals surface area (Å²) in [6.45, 7) is 0.863. The van der Waals surface area contributed by atoms with Crippen molar-refractivity contribution in [3.8, 4) is 0 Å². The van der Waals surface area contributed by atoms with Gasteiger partial charge in [0, 0.05) is 11.0 Å². The average molecular weight is 386 g/mol. The Bertz CT molecular complexity index is 664. The number of carbonyl (C=O) groups excluding carboxylic acids is 1. The Morgan fingerprint density at radius 1 is 1.27 bits per heavy atom. The van der Waals surface area contributed by atoms with Crippen molar-refractivity contribution in [2.75, 3.05) is 18.9 Å². The first kappa shape index (κ1) is 16.9. The fourth-order valence-corrected chi connectivity index (χ4v) is 2.46. The number of anilines is 1.